The SMILES string of the molecule is CSc1ccc(C(O)CCCCN2CCN(c3ccccc3)CC2)cc1NC(N)=S. The first kappa shape index (κ1) is 22.9. The topological polar surface area (TPSA) is 64.8 Å². The maximum absolute atomic E-state index is 10.6. The maximum atomic E-state index is 10.6. The first-order chi connectivity index (χ1) is 14.6. The molecule has 1 saturated heterocycles. The third kappa shape index (κ3) is 6.60. The predicted octanol–water partition coefficient (Wildman–Crippen LogP) is 4.09. The lowest BCUT2D eigenvalue weighted by Crippen LogP contribution is -2.46. The smallest absolute Gasteiger partial charge is 0.168 e. The molecular formula is C23H32N4OS2. The van der Waals surface area contributed by atoms with Crippen LogP contribution in [0, 0.1) is 0 Å². The number of benzene rings is 2. The van der Waals surface area contributed by atoms with Crippen LogP contribution in [0.15, 0.2) is 53.4 Å². The van der Waals surface area contributed by atoms with Gasteiger partial charge in [-0.2, -0.15) is 0 Å². The number of nitrogens with one attached hydrogen (secondary N) is 1. The molecular weight excluding hydrogens is 412 g/mol. The summed E-state index contributed by atoms with van der Waals surface area (Å²) in [6.07, 6.45) is 4.40. The molecule has 0 spiro atoms. The number of nitrogens with two attached hydrogens (primary N) is 1. The number of aliphatic hydroxyl groups excluding tert-OH is 1. The molecule has 0 radical (unpaired) electrons. The Labute approximate surface area is 189 Å². The number of thioether (sulfide) groups is 1. The number of piperazine rings is 1. The van der Waals surface area contributed by atoms with Crippen LogP contribution >= 0.6 is 24.0 Å². The van der Waals surface area contributed by atoms with E-state index in [2.05, 4.69) is 45.4 Å². The van der Waals surface area contributed by atoms with E-state index in [-0.39, 0.29) is 5.11 Å². The number of hydrogen-bond acceptors (Lipinski definition) is 5. The molecule has 2 aromatic rings. The van der Waals surface area contributed by atoms with Gasteiger partial charge in [0.15, 0.2) is 5.11 Å². The Bertz CT molecular complexity index is 810. The molecule has 3 rings (SSSR count). The summed E-state index contributed by atoms with van der Waals surface area (Å²) in [7, 11) is 0. The summed E-state index contributed by atoms with van der Waals surface area (Å²) in [5, 5.41) is 13.9. The molecule has 1 unspecified atom stereocenters. The van der Waals surface area contributed by atoms with Crippen molar-refractivity contribution in [2.45, 2.75) is 30.3 Å². The van der Waals surface area contributed by atoms with Crippen LogP contribution in [0.25, 0.3) is 0 Å². The first-order valence-corrected chi connectivity index (χ1v) is 12.1. The Balaban J connectivity index is 1.40. The van der Waals surface area contributed by atoms with Crippen molar-refractivity contribution >= 4 is 40.5 Å². The minimum absolute atomic E-state index is 0.240. The van der Waals surface area contributed by atoms with Crippen molar-refractivity contribution in [3.05, 3.63) is 54.1 Å². The number of hydrogen-bond donors (Lipinski definition) is 3. The van der Waals surface area contributed by atoms with Crippen molar-refractivity contribution in [1.82, 2.24) is 4.90 Å². The highest BCUT2D eigenvalue weighted by molar-refractivity contribution is 7.98. The lowest BCUT2D eigenvalue weighted by molar-refractivity contribution is 0.160. The van der Waals surface area contributed by atoms with E-state index in [4.69, 9.17) is 18.0 Å². The largest absolute Gasteiger partial charge is 0.388 e. The van der Waals surface area contributed by atoms with Crippen molar-refractivity contribution in [3.63, 3.8) is 0 Å². The average molecular weight is 445 g/mol. The summed E-state index contributed by atoms with van der Waals surface area (Å²) in [6, 6.07) is 16.6. The number of unbranched alkanes of at least 4 members (excludes halogenated alkanes) is 1. The summed E-state index contributed by atoms with van der Waals surface area (Å²) < 4.78 is 0. The van der Waals surface area contributed by atoms with Gasteiger partial charge >= 0.3 is 0 Å². The molecule has 5 nitrogen and oxygen atoms in total. The third-order valence-electron chi connectivity index (χ3n) is 5.56. The standard InChI is InChI=1S/C23H32N4OS2/c1-30-22-11-10-18(17-20(22)25-23(24)29)21(28)9-5-6-12-26-13-15-27(16-14-26)19-7-3-2-4-8-19/h2-4,7-8,10-11,17,21,28H,5-6,9,12-16H2,1H3,(H3,24,25,29). The lowest BCUT2D eigenvalue weighted by Gasteiger charge is -2.36. The molecule has 4 N–H and O–H groups in total. The van der Waals surface area contributed by atoms with Crippen LogP contribution in [0.3, 0.4) is 0 Å². The van der Waals surface area contributed by atoms with Gasteiger partial charge in [0.25, 0.3) is 0 Å². The van der Waals surface area contributed by atoms with Crippen molar-refractivity contribution in [1.29, 1.82) is 0 Å². The van der Waals surface area contributed by atoms with E-state index >= 15 is 0 Å². The van der Waals surface area contributed by atoms with E-state index in [1.807, 2.05) is 24.5 Å². The zero-order valence-corrected chi connectivity index (χ0v) is 19.2. The highest BCUT2D eigenvalue weighted by Gasteiger charge is 2.17. The van der Waals surface area contributed by atoms with Gasteiger partial charge in [0.1, 0.15) is 0 Å². The van der Waals surface area contributed by atoms with E-state index in [0.29, 0.717) is 0 Å². The number of para-hydroxylation sites is 1. The summed E-state index contributed by atoms with van der Waals surface area (Å²) >= 11 is 6.59. The molecule has 0 amide bonds. The van der Waals surface area contributed by atoms with Gasteiger partial charge in [-0.25, -0.2) is 0 Å². The van der Waals surface area contributed by atoms with Crippen molar-refractivity contribution in [2.75, 3.05) is 49.2 Å². The van der Waals surface area contributed by atoms with Gasteiger partial charge in [-0.3, -0.25) is 4.90 Å². The molecule has 0 bridgehead atoms. The molecule has 30 heavy (non-hydrogen) atoms. The fourth-order valence-corrected chi connectivity index (χ4v) is 4.52. The highest BCUT2D eigenvalue weighted by atomic mass is 32.2. The molecule has 2 aromatic carbocycles. The second kappa shape index (κ2) is 11.6. The second-order valence-corrected chi connectivity index (χ2v) is 8.91. The Morgan fingerprint density at radius 1 is 1.13 bits per heavy atom. The maximum Gasteiger partial charge on any atom is 0.168 e. The molecule has 1 aliphatic rings. The van der Waals surface area contributed by atoms with Crippen LogP contribution in [0.1, 0.15) is 30.9 Å². The molecule has 0 aromatic heterocycles. The first-order valence-electron chi connectivity index (χ1n) is 10.5. The Morgan fingerprint density at radius 2 is 1.87 bits per heavy atom. The molecule has 1 atom stereocenters. The number of nitrogens with zero attached hydrogens (tertiary/aromatic N) is 2. The van der Waals surface area contributed by atoms with Crippen LogP contribution in [-0.4, -0.2) is 54.1 Å². The van der Waals surface area contributed by atoms with Gasteiger partial charge in [-0.15, -0.1) is 11.8 Å². The predicted molar refractivity (Wildman–Crippen MR) is 133 cm³/mol. The van der Waals surface area contributed by atoms with Crippen LogP contribution in [0.4, 0.5) is 11.4 Å². The van der Waals surface area contributed by atoms with Gasteiger partial charge in [-0.1, -0.05) is 24.3 Å². The van der Waals surface area contributed by atoms with E-state index in [9.17, 15) is 5.11 Å². The zero-order valence-electron chi connectivity index (χ0n) is 17.6. The number of rotatable bonds is 9. The Morgan fingerprint density at radius 3 is 2.53 bits per heavy atom. The summed E-state index contributed by atoms with van der Waals surface area (Å²) in [6.45, 7) is 5.44. The molecule has 162 valence electrons. The quantitative estimate of drug-likeness (QED) is 0.306. The molecule has 0 aliphatic carbocycles. The van der Waals surface area contributed by atoms with E-state index < -0.39 is 6.10 Å². The van der Waals surface area contributed by atoms with Crippen molar-refractivity contribution in [2.24, 2.45) is 5.73 Å². The van der Waals surface area contributed by atoms with E-state index in [1.165, 1.54) is 5.69 Å². The average Bonchev–Trinajstić information content (AvgIpc) is 2.77. The highest BCUT2D eigenvalue weighted by Crippen LogP contribution is 2.30. The number of anilines is 2. The van der Waals surface area contributed by atoms with Gasteiger partial charge in [0, 0.05) is 36.8 Å². The fraction of sp³-hybridized carbons (Fsp3) is 0.435. The van der Waals surface area contributed by atoms with Gasteiger partial charge < -0.3 is 21.1 Å². The Hall–Kier alpha value is -1.80. The minimum Gasteiger partial charge on any atom is -0.388 e. The van der Waals surface area contributed by atoms with Crippen LogP contribution in [0.2, 0.25) is 0 Å². The fourth-order valence-electron chi connectivity index (χ4n) is 3.87. The monoisotopic (exact) mass is 444 g/mol. The summed E-state index contributed by atoms with van der Waals surface area (Å²) in [5.74, 6) is 0. The van der Waals surface area contributed by atoms with E-state index in [0.717, 1.165) is 68.1 Å². The number of aliphatic hydroxyl groups is 1. The van der Waals surface area contributed by atoms with Crippen molar-refractivity contribution < 1.29 is 5.11 Å². The molecule has 0 saturated carbocycles. The molecule has 1 fully saturated rings. The van der Waals surface area contributed by atoms with Crippen LogP contribution in [0.5, 0.6) is 0 Å². The van der Waals surface area contributed by atoms with Gasteiger partial charge in [0.05, 0.1) is 11.8 Å². The second-order valence-electron chi connectivity index (χ2n) is 7.62. The number of thiocarbonyl (C=S) groups is 1. The molecule has 1 heterocycles. The lowest BCUT2D eigenvalue weighted by atomic mass is 10.0. The Kier molecular flexibility index (Phi) is 8.81. The minimum atomic E-state index is -0.470. The van der Waals surface area contributed by atoms with Gasteiger partial charge in [-0.05, 0) is 74.1 Å². The molecule has 1 aliphatic heterocycles. The summed E-state index contributed by atoms with van der Waals surface area (Å²) in [4.78, 5) is 6.05. The van der Waals surface area contributed by atoms with Crippen molar-refractivity contribution in [3.8, 4) is 0 Å². The van der Waals surface area contributed by atoms with Crippen LogP contribution < -0.4 is 16.0 Å². The zero-order chi connectivity index (χ0) is 21.3. The molecule has 7 heteroatoms. The van der Waals surface area contributed by atoms with E-state index in [1.54, 1.807) is 11.8 Å². The third-order valence-corrected chi connectivity index (χ3v) is 6.46. The normalized spacial score (nSPS) is 15.7. The summed E-state index contributed by atoms with van der Waals surface area (Å²) in [5.41, 5.74) is 8.71. The van der Waals surface area contributed by atoms with Gasteiger partial charge in [0.2, 0.25) is 0 Å². The van der Waals surface area contributed by atoms with Crippen LogP contribution in [-0.2, 0) is 0 Å².